The predicted octanol–water partition coefficient (Wildman–Crippen LogP) is 4.83. The Morgan fingerprint density at radius 1 is 1.07 bits per heavy atom. The van der Waals surface area contributed by atoms with Gasteiger partial charge in [-0.2, -0.15) is 13.2 Å². The maximum absolute atomic E-state index is 12.8. The second kappa shape index (κ2) is 8.60. The molecule has 3 rings (SSSR count). The molecule has 152 valence electrons. The van der Waals surface area contributed by atoms with Crippen LogP contribution in [0.4, 0.5) is 18.0 Å². The molecule has 1 aliphatic rings. The van der Waals surface area contributed by atoms with E-state index >= 15 is 0 Å². The van der Waals surface area contributed by atoms with Gasteiger partial charge in [-0.3, -0.25) is 14.5 Å². The first kappa shape index (κ1) is 20.8. The van der Waals surface area contributed by atoms with Crippen molar-refractivity contribution in [3.05, 3.63) is 64.6 Å². The van der Waals surface area contributed by atoms with E-state index in [1.807, 2.05) is 0 Å². The number of methoxy groups -OCH3 is 1. The Labute approximate surface area is 169 Å². The molecular weight excluding hydrogens is 407 g/mol. The van der Waals surface area contributed by atoms with Gasteiger partial charge in [0.1, 0.15) is 6.61 Å². The number of benzene rings is 2. The van der Waals surface area contributed by atoms with E-state index in [0.717, 1.165) is 17.0 Å². The normalized spacial score (nSPS) is 15.9. The van der Waals surface area contributed by atoms with Crippen molar-refractivity contribution >= 4 is 29.0 Å². The number of imide groups is 1. The minimum absolute atomic E-state index is 0.00263. The second-order valence-electron chi connectivity index (χ2n) is 5.96. The first-order valence-electron chi connectivity index (χ1n) is 8.48. The maximum Gasteiger partial charge on any atom is 0.416 e. The Morgan fingerprint density at radius 3 is 2.48 bits per heavy atom. The number of carbonyl (C=O) groups excluding carboxylic acids is 2. The summed E-state index contributed by atoms with van der Waals surface area (Å²) in [5.41, 5.74) is -0.633. The molecule has 0 bridgehead atoms. The molecule has 0 saturated carbocycles. The van der Waals surface area contributed by atoms with Crippen LogP contribution in [0, 0.1) is 0 Å². The molecule has 1 aliphatic heterocycles. The average Bonchev–Trinajstić information content (AvgIpc) is 2.95. The summed E-state index contributed by atoms with van der Waals surface area (Å²) < 4.78 is 49.2. The van der Waals surface area contributed by atoms with Crippen LogP contribution in [-0.4, -0.2) is 36.3 Å². The summed E-state index contributed by atoms with van der Waals surface area (Å²) in [7, 11) is 1.50. The summed E-state index contributed by atoms with van der Waals surface area (Å²) in [6, 6.07) is 11.5. The van der Waals surface area contributed by atoms with E-state index < -0.39 is 22.9 Å². The van der Waals surface area contributed by atoms with Gasteiger partial charge in [0.05, 0.1) is 24.1 Å². The molecule has 29 heavy (non-hydrogen) atoms. The van der Waals surface area contributed by atoms with E-state index in [2.05, 4.69) is 0 Å². The molecule has 2 aromatic rings. The second-order valence-corrected chi connectivity index (χ2v) is 6.95. The lowest BCUT2D eigenvalue weighted by atomic mass is 10.1. The molecule has 0 radical (unpaired) electrons. The van der Waals surface area contributed by atoms with Crippen molar-refractivity contribution in [2.75, 3.05) is 20.3 Å². The Bertz CT molecular complexity index is 959. The van der Waals surface area contributed by atoms with Gasteiger partial charge < -0.3 is 9.47 Å². The minimum Gasteiger partial charge on any atom is -0.493 e. The third-order valence-electron chi connectivity index (χ3n) is 4.03. The van der Waals surface area contributed by atoms with Gasteiger partial charge in [0.25, 0.3) is 11.1 Å². The molecule has 0 spiro atoms. The Balaban J connectivity index is 1.67. The number of alkyl halides is 3. The number of carbonyl (C=O) groups is 2. The summed E-state index contributed by atoms with van der Waals surface area (Å²) in [6.45, 7) is 0.0535. The highest BCUT2D eigenvalue weighted by Crippen LogP contribution is 2.34. The quantitative estimate of drug-likeness (QED) is 0.623. The number of halogens is 3. The van der Waals surface area contributed by atoms with Gasteiger partial charge in [-0.25, -0.2) is 0 Å². The van der Waals surface area contributed by atoms with Crippen LogP contribution in [0.3, 0.4) is 0 Å². The monoisotopic (exact) mass is 423 g/mol. The zero-order valence-corrected chi connectivity index (χ0v) is 16.0. The number of ether oxygens (including phenoxy) is 2. The van der Waals surface area contributed by atoms with Crippen LogP contribution in [0.5, 0.6) is 11.5 Å². The number of hydrogen-bond acceptors (Lipinski definition) is 5. The third kappa shape index (κ3) is 4.92. The molecule has 1 fully saturated rings. The van der Waals surface area contributed by atoms with Crippen molar-refractivity contribution in [3.8, 4) is 11.5 Å². The van der Waals surface area contributed by atoms with Gasteiger partial charge in [0.15, 0.2) is 11.5 Å². The lowest BCUT2D eigenvalue weighted by molar-refractivity contribution is -0.137. The summed E-state index contributed by atoms with van der Waals surface area (Å²) in [5, 5.41) is -0.503. The fourth-order valence-corrected chi connectivity index (χ4v) is 3.50. The highest BCUT2D eigenvalue weighted by Gasteiger charge is 2.35. The van der Waals surface area contributed by atoms with Crippen molar-refractivity contribution in [2.45, 2.75) is 6.18 Å². The van der Waals surface area contributed by atoms with Crippen LogP contribution in [0.15, 0.2) is 53.4 Å². The average molecular weight is 423 g/mol. The summed E-state index contributed by atoms with van der Waals surface area (Å²) in [4.78, 5) is 25.7. The van der Waals surface area contributed by atoms with E-state index in [0.29, 0.717) is 23.3 Å². The molecule has 0 atom stereocenters. The maximum atomic E-state index is 12.8. The predicted molar refractivity (Wildman–Crippen MR) is 103 cm³/mol. The van der Waals surface area contributed by atoms with E-state index in [1.165, 1.54) is 25.3 Å². The van der Waals surface area contributed by atoms with Crippen LogP contribution in [0.25, 0.3) is 6.08 Å². The van der Waals surface area contributed by atoms with Crippen molar-refractivity contribution < 1.29 is 32.2 Å². The van der Waals surface area contributed by atoms with Crippen LogP contribution < -0.4 is 9.47 Å². The van der Waals surface area contributed by atoms with Gasteiger partial charge in [-0.15, -0.1) is 0 Å². The molecule has 1 heterocycles. The van der Waals surface area contributed by atoms with Gasteiger partial charge in [0.2, 0.25) is 0 Å². The molecular formula is C20H16F3NO4S. The van der Waals surface area contributed by atoms with Crippen molar-refractivity contribution in [2.24, 2.45) is 0 Å². The summed E-state index contributed by atoms with van der Waals surface area (Å²) in [6.07, 6.45) is -3.21. The Morgan fingerprint density at radius 2 is 1.79 bits per heavy atom. The van der Waals surface area contributed by atoms with Crippen molar-refractivity contribution in [1.29, 1.82) is 0 Å². The topological polar surface area (TPSA) is 55.8 Å². The van der Waals surface area contributed by atoms with Gasteiger partial charge >= 0.3 is 6.18 Å². The Hall–Kier alpha value is -2.94. The third-order valence-corrected chi connectivity index (χ3v) is 4.93. The number of para-hydroxylation sites is 2. The first-order chi connectivity index (χ1) is 13.8. The zero-order valence-electron chi connectivity index (χ0n) is 15.2. The number of nitrogens with zero attached hydrogens (tertiary/aromatic N) is 1. The zero-order chi connectivity index (χ0) is 21.0. The van der Waals surface area contributed by atoms with Gasteiger partial charge in [-0.05, 0) is 47.7 Å². The van der Waals surface area contributed by atoms with Gasteiger partial charge in [-0.1, -0.05) is 24.3 Å². The van der Waals surface area contributed by atoms with Crippen LogP contribution in [0.2, 0.25) is 0 Å². The standard InChI is InChI=1S/C20H16F3NO4S/c1-27-15-7-2-3-8-16(15)28-10-9-24-18(25)17(29-19(24)26)12-13-5-4-6-14(11-13)20(21,22)23/h2-8,11-12H,9-10H2,1H3/b17-12-. The molecule has 2 aromatic carbocycles. The molecule has 5 nitrogen and oxygen atoms in total. The van der Waals surface area contributed by atoms with Crippen LogP contribution >= 0.6 is 11.8 Å². The number of amides is 2. The molecule has 2 amide bonds. The minimum atomic E-state index is -4.49. The van der Waals surface area contributed by atoms with E-state index in [9.17, 15) is 22.8 Å². The molecule has 9 heteroatoms. The lowest BCUT2D eigenvalue weighted by Gasteiger charge is -2.14. The Kier molecular flexibility index (Phi) is 6.17. The van der Waals surface area contributed by atoms with Crippen LogP contribution in [-0.2, 0) is 11.0 Å². The van der Waals surface area contributed by atoms with Crippen molar-refractivity contribution in [3.63, 3.8) is 0 Å². The first-order valence-corrected chi connectivity index (χ1v) is 9.29. The molecule has 0 aliphatic carbocycles. The van der Waals surface area contributed by atoms with Crippen LogP contribution in [0.1, 0.15) is 11.1 Å². The SMILES string of the molecule is COc1ccccc1OCCN1C(=O)S/C(=C\c2cccc(C(F)(F)F)c2)C1=O. The van der Waals surface area contributed by atoms with Gasteiger partial charge in [0, 0.05) is 0 Å². The van der Waals surface area contributed by atoms with E-state index in [4.69, 9.17) is 9.47 Å². The number of hydrogen-bond donors (Lipinski definition) is 0. The molecule has 0 N–H and O–H groups in total. The summed E-state index contributed by atoms with van der Waals surface area (Å²) >= 11 is 0.681. The fraction of sp³-hybridized carbons (Fsp3) is 0.200. The van der Waals surface area contributed by atoms with E-state index in [-0.39, 0.29) is 23.6 Å². The molecule has 1 saturated heterocycles. The number of rotatable bonds is 6. The fourth-order valence-electron chi connectivity index (χ4n) is 2.63. The smallest absolute Gasteiger partial charge is 0.416 e. The van der Waals surface area contributed by atoms with Crippen molar-refractivity contribution in [1.82, 2.24) is 4.90 Å². The highest BCUT2D eigenvalue weighted by atomic mass is 32.2. The highest BCUT2D eigenvalue weighted by molar-refractivity contribution is 8.18. The number of thioether (sulfide) groups is 1. The molecule has 0 aromatic heterocycles. The summed E-state index contributed by atoms with van der Waals surface area (Å²) in [5.74, 6) is 0.425. The van der Waals surface area contributed by atoms with E-state index in [1.54, 1.807) is 24.3 Å². The largest absolute Gasteiger partial charge is 0.493 e. The molecule has 0 unspecified atom stereocenters. The lowest BCUT2D eigenvalue weighted by Crippen LogP contribution is -2.32.